The molecule has 2 aliphatic heterocycles. The van der Waals surface area contributed by atoms with Crippen molar-refractivity contribution >= 4 is 0 Å². The van der Waals surface area contributed by atoms with Crippen LogP contribution in [0.4, 0.5) is 0 Å². The Morgan fingerprint density at radius 3 is 2.58 bits per heavy atom. The second kappa shape index (κ2) is 10.7. The quantitative estimate of drug-likeness (QED) is 0.556. The number of methoxy groups -OCH3 is 1. The van der Waals surface area contributed by atoms with Gasteiger partial charge in [-0.1, -0.05) is 0 Å². The highest BCUT2D eigenvalue weighted by Crippen LogP contribution is 2.24. The smallest absolute Gasteiger partial charge is 0.0703 e. The zero-order chi connectivity index (χ0) is 17.3. The lowest BCUT2D eigenvalue weighted by Gasteiger charge is -2.42. The van der Waals surface area contributed by atoms with Crippen molar-refractivity contribution in [1.82, 2.24) is 9.80 Å². The minimum atomic E-state index is 0.221. The Hall–Kier alpha value is -0.240. The first-order valence-electron chi connectivity index (χ1n) is 9.35. The van der Waals surface area contributed by atoms with Crippen LogP contribution in [0.1, 0.15) is 26.7 Å². The third-order valence-corrected chi connectivity index (χ3v) is 5.15. The molecule has 0 radical (unpaired) electrons. The van der Waals surface area contributed by atoms with Gasteiger partial charge in [-0.3, -0.25) is 9.80 Å². The van der Waals surface area contributed by atoms with Crippen molar-refractivity contribution in [3.63, 3.8) is 0 Å². The van der Waals surface area contributed by atoms with Crippen LogP contribution in [0.15, 0.2) is 0 Å². The average Bonchev–Trinajstić information content (AvgIpc) is 2.61. The number of rotatable bonds is 10. The van der Waals surface area contributed by atoms with Gasteiger partial charge in [0.25, 0.3) is 0 Å². The van der Waals surface area contributed by atoms with Gasteiger partial charge in [0.05, 0.1) is 45.7 Å². The largest absolute Gasteiger partial charge is 0.382 e. The third kappa shape index (κ3) is 6.94. The average molecular weight is 344 g/mol. The lowest BCUT2D eigenvalue weighted by atomic mass is 9.93. The SMILES string of the molecule is COCCOCCN1CCO[C@@H](CCC(C)(C)N2CCOCC2)C1. The van der Waals surface area contributed by atoms with Crippen molar-refractivity contribution in [3.8, 4) is 0 Å². The van der Waals surface area contributed by atoms with E-state index >= 15 is 0 Å². The van der Waals surface area contributed by atoms with Crippen molar-refractivity contribution in [3.05, 3.63) is 0 Å². The lowest BCUT2D eigenvalue weighted by Crippen LogP contribution is -2.51. The molecule has 2 saturated heterocycles. The molecule has 1 atom stereocenters. The van der Waals surface area contributed by atoms with E-state index in [0.29, 0.717) is 19.3 Å². The van der Waals surface area contributed by atoms with Crippen molar-refractivity contribution in [2.24, 2.45) is 0 Å². The van der Waals surface area contributed by atoms with E-state index in [1.807, 2.05) is 0 Å². The Labute approximate surface area is 147 Å². The van der Waals surface area contributed by atoms with Crippen molar-refractivity contribution in [1.29, 1.82) is 0 Å². The van der Waals surface area contributed by atoms with E-state index < -0.39 is 0 Å². The molecule has 6 nitrogen and oxygen atoms in total. The van der Waals surface area contributed by atoms with Crippen LogP contribution in [-0.4, -0.2) is 101 Å². The fraction of sp³-hybridized carbons (Fsp3) is 1.00. The zero-order valence-electron chi connectivity index (χ0n) is 15.8. The highest BCUT2D eigenvalue weighted by Gasteiger charge is 2.30. The first-order valence-corrected chi connectivity index (χ1v) is 9.35. The van der Waals surface area contributed by atoms with Gasteiger partial charge in [0.1, 0.15) is 0 Å². The molecule has 0 aliphatic carbocycles. The first-order chi connectivity index (χ1) is 11.6. The Morgan fingerprint density at radius 2 is 1.83 bits per heavy atom. The number of nitrogens with zero attached hydrogens (tertiary/aromatic N) is 2. The summed E-state index contributed by atoms with van der Waals surface area (Å²) in [4.78, 5) is 5.02. The zero-order valence-corrected chi connectivity index (χ0v) is 15.8. The van der Waals surface area contributed by atoms with Crippen LogP contribution in [0.3, 0.4) is 0 Å². The molecule has 6 heteroatoms. The summed E-state index contributed by atoms with van der Waals surface area (Å²) >= 11 is 0. The molecule has 0 spiro atoms. The summed E-state index contributed by atoms with van der Waals surface area (Å²) in [6.45, 7) is 14.5. The molecule has 142 valence electrons. The summed E-state index contributed by atoms with van der Waals surface area (Å²) in [7, 11) is 1.70. The molecule has 2 rings (SSSR count). The van der Waals surface area contributed by atoms with Gasteiger partial charge in [-0.05, 0) is 26.7 Å². The van der Waals surface area contributed by atoms with Gasteiger partial charge in [-0.25, -0.2) is 0 Å². The van der Waals surface area contributed by atoms with Gasteiger partial charge in [-0.15, -0.1) is 0 Å². The van der Waals surface area contributed by atoms with Crippen molar-refractivity contribution in [2.45, 2.75) is 38.3 Å². The van der Waals surface area contributed by atoms with Gasteiger partial charge < -0.3 is 18.9 Å². The second-order valence-corrected chi connectivity index (χ2v) is 7.35. The van der Waals surface area contributed by atoms with Crippen LogP contribution in [-0.2, 0) is 18.9 Å². The Morgan fingerprint density at radius 1 is 1.04 bits per heavy atom. The number of ether oxygens (including phenoxy) is 4. The van der Waals surface area contributed by atoms with Gasteiger partial charge in [0.2, 0.25) is 0 Å². The summed E-state index contributed by atoms with van der Waals surface area (Å²) in [5.41, 5.74) is 0.221. The Bertz CT molecular complexity index is 335. The molecule has 2 aliphatic rings. The normalized spacial score (nSPS) is 24.4. The standard InChI is InChI=1S/C18H36N2O4/c1-18(2,20-8-11-22-12-9-20)5-4-17-16-19(7-13-24-17)6-10-23-15-14-21-3/h17H,4-16H2,1-3H3/t17-/m0/s1. The summed E-state index contributed by atoms with van der Waals surface area (Å²) in [5, 5.41) is 0. The van der Waals surface area contributed by atoms with Gasteiger partial charge in [0.15, 0.2) is 0 Å². The molecule has 0 saturated carbocycles. The van der Waals surface area contributed by atoms with Crippen LogP contribution in [0.5, 0.6) is 0 Å². The fourth-order valence-electron chi connectivity index (χ4n) is 3.44. The van der Waals surface area contributed by atoms with Gasteiger partial charge in [0, 0.05) is 45.4 Å². The van der Waals surface area contributed by atoms with E-state index in [-0.39, 0.29) is 5.54 Å². The number of hydrogen-bond donors (Lipinski definition) is 0. The van der Waals surface area contributed by atoms with E-state index in [2.05, 4.69) is 23.6 Å². The predicted octanol–water partition coefficient (Wildman–Crippen LogP) is 1.24. The monoisotopic (exact) mass is 344 g/mol. The summed E-state index contributed by atoms with van der Waals surface area (Å²) in [6.07, 6.45) is 2.62. The summed E-state index contributed by atoms with van der Waals surface area (Å²) < 4.78 is 22.0. The Balaban J connectivity index is 1.64. The van der Waals surface area contributed by atoms with E-state index in [1.165, 1.54) is 0 Å². The number of hydrogen-bond acceptors (Lipinski definition) is 6. The topological polar surface area (TPSA) is 43.4 Å². The van der Waals surface area contributed by atoms with Gasteiger partial charge >= 0.3 is 0 Å². The third-order valence-electron chi connectivity index (χ3n) is 5.15. The van der Waals surface area contributed by atoms with Crippen molar-refractivity contribution in [2.75, 3.05) is 79.5 Å². The maximum Gasteiger partial charge on any atom is 0.0703 e. The summed E-state index contributed by atoms with van der Waals surface area (Å²) in [6, 6.07) is 0. The molecule has 2 heterocycles. The van der Waals surface area contributed by atoms with Gasteiger partial charge in [-0.2, -0.15) is 0 Å². The molecular formula is C18H36N2O4. The molecule has 2 fully saturated rings. The van der Waals surface area contributed by atoms with Crippen LogP contribution >= 0.6 is 0 Å². The van der Waals surface area contributed by atoms with E-state index in [4.69, 9.17) is 18.9 Å². The highest BCUT2D eigenvalue weighted by atomic mass is 16.5. The molecular weight excluding hydrogens is 308 g/mol. The molecule has 0 unspecified atom stereocenters. The molecule has 0 N–H and O–H groups in total. The predicted molar refractivity (Wildman–Crippen MR) is 94.6 cm³/mol. The molecule has 0 aromatic heterocycles. The maximum absolute atomic E-state index is 5.99. The van der Waals surface area contributed by atoms with Crippen LogP contribution in [0.25, 0.3) is 0 Å². The molecule has 0 amide bonds. The molecule has 0 aromatic carbocycles. The molecule has 0 bridgehead atoms. The second-order valence-electron chi connectivity index (χ2n) is 7.35. The fourth-order valence-corrected chi connectivity index (χ4v) is 3.44. The highest BCUT2D eigenvalue weighted by molar-refractivity contribution is 4.85. The van der Waals surface area contributed by atoms with Crippen LogP contribution in [0.2, 0.25) is 0 Å². The minimum Gasteiger partial charge on any atom is -0.382 e. The van der Waals surface area contributed by atoms with E-state index in [0.717, 1.165) is 72.0 Å². The molecule has 24 heavy (non-hydrogen) atoms. The minimum absolute atomic E-state index is 0.221. The lowest BCUT2D eigenvalue weighted by molar-refractivity contribution is -0.0538. The molecule has 0 aromatic rings. The van der Waals surface area contributed by atoms with Crippen molar-refractivity contribution < 1.29 is 18.9 Å². The van der Waals surface area contributed by atoms with Crippen LogP contribution in [0, 0.1) is 0 Å². The number of morpholine rings is 2. The Kier molecular flexibility index (Phi) is 8.94. The maximum atomic E-state index is 5.99. The summed E-state index contributed by atoms with van der Waals surface area (Å²) in [5.74, 6) is 0. The van der Waals surface area contributed by atoms with E-state index in [9.17, 15) is 0 Å². The van der Waals surface area contributed by atoms with Crippen LogP contribution < -0.4 is 0 Å². The first kappa shape index (κ1) is 20.1. The van der Waals surface area contributed by atoms with E-state index in [1.54, 1.807) is 7.11 Å².